The predicted molar refractivity (Wildman–Crippen MR) is 86.2 cm³/mol. The van der Waals surface area contributed by atoms with Gasteiger partial charge < -0.3 is 5.32 Å². The number of aryl methyl sites for hydroxylation is 2. The monoisotopic (exact) mass is 311 g/mol. The lowest BCUT2D eigenvalue weighted by molar-refractivity contribution is -0.118. The molecule has 0 spiro atoms. The average Bonchev–Trinajstić information content (AvgIpc) is 2.31. The molecular formula is C16H25NO3S. The van der Waals surface area contributed by atoms with Gasteiger partial charge in [-0.2, -0.15) is 0 Å². The van der Waals surface area contributed by atoms with Crippen molar-refractivity contribution in [2.75, 3.05) is 12.8 Å². The normalized spacial score (nSPS) is 12.3. The second-order valence-electron chi connectivity index (χ2n) is 6.54. The van der Waals surface area contributed by atoms with Gasteiger partial charge in [-0.3, -0.25) is 4.79 Å². The summed E-state index contributed by atoms with van der Waals surface area (Å²) in [6, 6.07) is 4.08. The molecule has 1 aromatic carbocycles. The van der Waals surface area contributed by atoms with E-state index in [0.717, 1.165) is 16.7 Å². The number of sulfone groups is 1. The SMILES string of the molecule is CNC(=O)CS(=O)(=O)Cc1c(C)cc(C(C)(C)C)cc1C. The zero-order valence-corrected chi connectivity index (χ0v) is 14.5. The average molecular weight is 311 g/mol. The van der Waals surface area contributed by atoms with E-state index in [1.807, 2.05) is 26.0 Å². The summed E-state index contributed by atoms with van der Waals surface area (Å²) in [6.45, 7) is 10.2. The fourth-order valence-corrected chi connectivity index (χ4v) is 3.74. The molecule has 0 saturated heterocycles. The van der Waals surface area contributed by atoms with E-state index in [4.69, 9.17) is 0 Å². The molecule has 5 heteroatoms. The van der Waals surface area contributed by atoms with Crippen LogP contribution in [0, 0.1) is 13.8 Å². The minimum Gasteiger partial charge on any atom is -0.358 e. The topological polar surface area (TPSA) is 63.2 Å². The molecule has 1 rings (SSSR count). The molecule has 0 radical (unpaired) electrons. The summed E-state index contributed by atoms with van der Waals surface area (Å²) in [5.74, 6) is -1.04. The van der Waals surface area contributed by atoms with E-state index < -0.39 is 21.5 Å². The van der Waals surface area contributed by atoms with E-state index in [0.29, 0.717) is 0 Å². The molecule has 0 unspecified atom stereocenters. The Hall–Kier alpha value is -1.36. The van der Waals surface area contributed by atoms with Crippen molar-refractivity contribution in [3.8, 4) is 0 Å². The van der Waals surface area contributed by atoms with Crippen LogP contribution < -0.4 is 5.32 Å². The van der Waals surface area contributed by atoms with E-state index >= 15 is 0 Å². The minimum absolute atomic E-state index is 0.0228. The Morgan fingerprint density at radius 3 is 2.00 bits per heavy atom. The number of amides is 1. The quantitative estimate of drug-likeness (QED) is 0.927. The molecule has 0 atom stereocenters. The van der Waals surface area contributed by atoms with E-state index in [1.54, 1.807) is 0 Å². The minimum atomic E-state index is -3.45. The molecule has 1 aromatic rings. The molecule has 4 nitrogen and oxygen atoms in total. The first-order chi connectivity index (χ1) is 9.46. The third-order valence-electron chi connectivity index (χ3n) is 3.56. The maximum Gasteiger partial charge on any atom is 0.234 e. The first-order valence-corrected chi connectivity index (χ1v) is 8.80. The van der Waals surface area contributed by atoms with Crippen LogP contribution in [0.25, 0.3) is 0 Å². The number of carbonyl (C=O) groups is 1. The molecular weight excluding hydrogens is 286 g/mol. The van der Waals surface area contributed by atoms with Crippen molar-refractivity contribution in [3.05, 3.63) is 34.4 Å². The van der Waals surface area contributed by atoms with Crippen molar-refractivity contribution in [3.63, 3.8) is 0 Å². The Morgan fingerprint density at radius 1 is 1.14 bits per heavy atom. The molecule has 0 aromatic heterocycles. The Bertz CT molecular complexity index is 617. The van der Waals surface area contributed by atoms with Gasteiger partial charge in [0, 0.05) is 7.05 Å². The predicted octanol–water partition coefficient (Wildman–Crippen LogP) is 2.26. The molecule has 0 saturated carbocycles. The molecule has 21 heavy (non-hydrogen) atoms. The fraction of sp³-hybridized carbons (Fsp3) is 0.562. The zero-order valence-electron chi connectivity index (χ0n) is 13.7. The van der Waals surface area contributed by atoms with Gasteiger partial charge in [0.2, 0.25) is 5.91 Å². The maximum atomic E-state index is 12.1. The largest absolute Gasteiger partial charge is 0.358 e. The van der Waals surface area contributed by atoms with Crippen LogP contribution in [0.4, 0.5) is 0 Å². The summed E-state index contributed by atoms with van der Waals surface area (Å²) in [6.07, 6.45) is 0. The van der Waals surface area contributed by atoms with Crippen LogP contribution in [-0.4, -0.2) is 27.1 Å². The number of rotatable bonds is 4. The van der Waals surface area contributed by atoms with Crippen molar-refractivity contribution < 1.29 is 13.2 Å². The van der Waals surface area contributed by atoms with E-state index in [-0.39, 0.29) is 11.2 Å². The summed E-state index contributed by atoms with van der Waals surface area (Å²) in [5.41, 5.74) is 3.92. The third kappa shape index (κ3) is 4.84. The molecule has 0 aliphatic heterocycles. The van der Waals surface area contributed by atoms with Crippen LogP contribution in [0.5, 0.6) is 0 Å². The van der Waals surface area contributed by atoms with Crippen LogP contribution in [0.15, 0.2) is 12.1 Å². The van der Waals surface area contributed by atoms with Gasteiger partial charge in [-0.15, -0.1) is 0 Å². The van der Waals surface area contributed by atoms with Gasteiger partial charge in [0.05, 0.1) is 5.75 Å². The van der Waals surface area contributed by atoms with Crippen molar-refractivity contribution in [1.82, 2.24) is 5.32 Å². The van der Waals surface area contributed by atoms with Crippen molar-refractivity contribution in [2.45, 2.75) is 45.8 Å². The maximum absolute atomic E-state index is 12.1. The second-order valence-corrected chi connectivity index (χ2v) is 8.61. The summed E-state index contributed by atoms with van der Waals surface area (Å²) in [4.78, 5) is 11.3. The summed E-state index contributed by atoms with van der Waals surface area (Å²) in [5, 5.41) is 2.35. The number of benzene rings is 1. The number of carbonyl (C=O) groups excluding carboxylic acids is 1. The summed E-state index contributed by atoms with van der Waals surface area (Å²) >= 11 is 0. The highest BCUT2D eigenvalue weighted by molar-refractivity contribution is 7.91. The Morgan fingerprint density at radius 2 is 1.62 bits per heavy atom. The second kappa shape index (κ2) is 6.18. The molecule has 0 heterocycles. The van der Waals surface area contributed by atoms with Gasteiger partial charge in [0.1, 0.15) is 5.75 Å². The highest BCUT2D eigenvalue weighted by Gasteiger charge is 2.21. The lowest BCUT2D eigenvalue weighted by Gasteiger charge is -2.22. The standard InChI is InChI=1S/C16H25NO3S/c1-11-7-13(16(3,4)5)8-12(2)14(11)9-21(19,20)10-15(18)17-6/h7-8H,9-10H2,1-6H3,(H,17,18). The number of hydrogen-bond acceptors (Lipinski definition) is 3. The Labute approximate surface area is 127 Å². The summed E-state index contributed by atoms with van der Waals surface area (Å²) < 4.78 is 24.2. The van der Waals surface area contributed by atoms with Gasteiger partial charge in [-0.05, 0) is 41.5 Å². The highest BCUT2D eigenvalue weighted by Crippen LogP contribution is 2.27. The fourth-order valence-electron chi connectivity index (χ4n) is 2.20. The lowest BCUT2D eigenvalue weighted by Crippen LogP contribution is -2.28. The molecule has 118 valence electrons. The first kappa shape index (κ1) is 17.7. The molecule has 0 bridgehead atoms. The van der Waals surface area contributed by atoms with Crippen molar-refractivity contribution in [1.29, 1.82) is 0 Å². The zero-order chi connectivity index (χ0) is 16.4. The van der Waals surface area contributed by atoms with Gasteiger partial charge in [-0.1, -0.05) is 32.9 Å². The third-order valence-corrected chi connectivity index (χ3v) is 4.99. The smallest absolute Gasteiger partial charge is 0.234 e. The molecule has 1 N–H and O–H groups in total. The van der Waals surface area contributed by atoms with Gasteiger partial charge >= 0.3 is 0 Å². The number of hydrogen-bond donors (Lipinski definition) is 1. The number of nitrogens with one attached hydrogen (secondary N) is 1. The van der Waals surface area contributed by atoms with Crippen molar-refractivity contribution >= 4 is 15.7 Å². The van der Waals surface area contributed by atoms with E-state index in [9.17, 15) is 13.2 Å². The van der Waals surface area contributed by atoms with Crippen LogP contribution in [0.2, 0.25) is 0 Å². The van der Waals surface area contributed by atoms with E-state index in [2.05, 4.69) is 26.1 Å². The molecule has 0 aliphatic carbocycles. The highest BCUT2D eigenvalue weighted by atomic mass is 32.2. The summed E-state index contributed by atoms with van der Waals surface area (Å²) in [7, 11) is -2.01. The van der Waals surface area contributed by atoms with Crippen LogP contribution in [0.1, 0.15) is 43.0 Å². The van der Waals surface area contributed by atoms with Crippen LogP contribution in [0.3, 0.4) is 0 Å². The Balaban J connectivity index is 3.14. The van der Waals surface area contributed by atoms with Gasteiger partial charge in [0.15, 0.2) is 9.84 Å². The Kier molecular flexibility index (Phi) is 5.20. The first-order valence-electron chi connectivity index (χ1n) is 6.98. The van der Waals surface area contributed by atoms with Crippen LogP contribution >= 0.6 is 0 Å². The van der Waals surface area contributed by atoms with Crippen LogP contribution in [-0.2, 0) is 25.8 Å². The van der Waals surface area contributed by atoms with Gasteiger partial charge in [0.25, 0.3) is 0 Å². The molecule has 1 amide bonds. The molecule has 0 fully saturated rings. The lowest BCUT2D eigenvalue weighted by atomic mass is 9.84. The van der Waals surface area contributed by atoms with E-state index in [1.165, 1.54) is 12.6 Å². The van der Waals surface area contributed by atoms with Crippen molar-refractivity contribution in [2.24, 2.45) is 0 Å². The molecule has 0 aliphatic rings. The van der Waals surface area contributed by atoms with Gasteiger partial charge in [-0.25, -0.2) is 8.42 Å².